The van der Waals surface area contributed by atoms with E-state index in [2.05, 4.69) is 11.9 Å². The summed E-state index contributed by atoms with van der Waals surface area (Å²) in [7, 11) is 0. The monoisotopic (exact) mass is 217 g/mol. The fourth-order valence-corrected chi connectivity index (χ4v) is 1.55. The van der Waals surface area contributed by atoms with Gasteiger partial charge in [0.2, 0.25) is 0 Å². The molecule has 82 valence electrons. The summed E-state index contributed by atoms with van der Waals surface area (Å²) in [5.41, 5.74) is 1.04. The molecule has 1 N–H and O–H groups in total. The van der Waals surface area contributed by atoms with Crippen LogP contribution >= 0.6 is 0 Å². The first-order valence-corrected chi connectivity index (χ1v) is 5.10. The molecule has 1 aromatic carbocycles. The highest BCUT2D eigenvalue weighted by atomic mass is 16.5. The largest absolute Gasteiger partial charge is 0.435 e. The van der Waals surface area contributed by atoms with Crippen LogP contribution in [0.1, 0.15) is 6.42 Å². The third-order valence-electron chi connectivity index (χ3n) is 2.32. The molecular weight excluding hydrogens is 204 g/mol. The maximum atomic E-state index is 11.6. The van der Waals surface area contributed by atoms with Gasteiger partial charge in [-0.1, -0.05) is 29.0 Å². The van der Waals surface area contributed by atoms with Gasteiger partial charge in [0.15, 0.2) is 6.54 Å². The van der Waals surface area contributed by atoms with E-state index in [0.29, 0.717) is 12.2 Å². The third kappa shape index (κ3) is 1.95. The van der Waals surface area contributed by atoms with E-state index in [1.807, 2.05) is 30.3 Å². The average molecular weight is 217 g/mol. The van der Waals surface area contributed by atoms with Crippen LogP contribution in [0.3, 0.4) is 0 Å². The molecule has 0 radical (unpaired) electrons. The summed E-state index contributed by atoms with van der Waals surface area (Å²) in [5, 5.41) is 2.59. The SMILES string of the molecule is C=CCC[n+]1[nH]oc(=O)c1-c1ccccc1. The van der Waals surface area contributed by atoms with E-state index in [0.717, 1.165) is 12.0 Å². The van der Waals surface area contributed by atoms with Crippen LogP contribution < -0.4 is 10.3 Å². The fraction of sp³-hybridized carbons (Fsp3) is 0.167. The van der Waals surface area contributed by atoms with Crippen LogP contribution in [0.5, 0.6) is 0 Å². The first kappa shape index (κ1) is 10.4. The molecule has 0 unspecified atom stereocenters. The van der Waals surface area contributed by atoms with Gasteiger partial charge in [-0.3, -0.25) is 4.52 Å². The predicted octanol–water partition coefficient (Wildman–Crippen LogP) is 1.50. The molecule has 0 atom stereocenters. The highest BCUT2D eigenvalue weighted by Crippen LogP contribution is 2.09. The Morgan fingerprint density at radius 1 is 1.38 bits per heavy atom. The molecule has 4 nitrogen and oxygen atoms in total. The van der Waals surface area contributed by atoms with Gasteiger partial charge in [-0.2, -0.15) is 0 Å². The smallest absolute Gasteiger partial charge is 0.283 e. The van der Waals surface area contributed by atoms with Crippen LogP contribution in [0.2, 0.25) is 0 Å². The number of H-pyrrole nitrogens is 1. The van der Waals surface area contributed by atoms with Gasteiger partial charge in [0.25, 0.3) is 0 Å². The van der Waals surface area contributed by atoms with Gasteiger partial charge in [-0.05, 0) is 17.4 Å². The van der Waals surface area contributed by atoms with Crippen molar-refractivity contribution in [1.29, 1.82) is 0 Å². The summed E-state index contributed by atoms with van der Waals surface area (Å²) in [6, 6.07) is 9.44. The van der Waals surface area contributed by atoms with Gasteiger partial charge in [-0.15, -0.1) is 6.58 Å². The molecule has 1 aromatic heterocycles. The van der Waals surface area contributed by atoms with Gasteiger partial charge in [0.1, 0.15) is 0 Å². The summed E-state index contributed by atoms with van der Waals surface area (Å²) in [6.07, 6.45) is 2.58. The molecule has 1 heterocycles. The van der Waals surface area contributed by atoms with Gasteiger partial charge >= 0.3 is 11.3 Å². The number of aromatic nitrogens is 2. The summed E-state index contributed by atoms with van der Waals surface area (Å²) >= 11 is 0. The number of allylic oxidation sites excluding steroid dienone is 1. The van der Waals surface area contributed by atoms with Gasteiger partial charge in [0, 0.05) is 6.42 Å². The standard InChI is InChI=1S/C12H12N2O2/c1-2-3-9-14-11(12(15)16-13-14)10-7-5-4-6-8-10/h2,4-8H,1,3,9H2/p+1. The van der Waals surface area contributed by atoms with Crippen molar-refractivity contribution >= 4 is 0 Å². The van der Waals surface area contributed by atoms with Crippen molar-refractivity contribution in [3.63, 3.8) is 0 Å². The second-order valence-electron chi connectivity index (χ2n) is 3.42. The Labute approximate surface area is 92.8 Å². The van der Waals surface area contributed by atoms with E-state index in [1.54, 1.807) is 10.8 Å². The molecule has 0 aliphatic rings. The molecule has 0 saturated heterocycles. The second-order valence-corrected chi connectivity index (χ2v) is 3.42. The first-order valence-electron chi connectivity index (χ1n) is 5.10. The summed E-state index contributed by atoms with van der Waals surface area (Å²) in [5.74, 6) is 0. The number of aromatic amines is 1. The van der Waals surface area contributed by atoms with Crippen molar-refractivity contribution in [3.8, 4) is 11.3 Å². The Morgan fingerprint density at radius 2 is 2.12 bits per heavy atom. The number of aryl methyl sites for hydroxylation is 1. The minimum atomic E-state index is -0.352. The lowest BCUT2D eigenvalue weighted by Crippen LogP contribution is -2.38. The van der Waals surface area contributed by atoms with Crippen LogP contribution in [-0.2, 0) is 6.54 Å². The molecule has 0 spiro atoms. The quantitative estimate of drug-likeness (QED) is 0.623. The normalized spacial score (nSPS) is 10.2. The zero-order valence-electron chi connectivity index (χ0n) is 8.85. The van der Waals surface area contributed by atoms with Crippen molar-refractivity contribution in [2.45, 2.75) is 13.0 Å². The molecule has 2 rings (SSSR count). The summed E-state index contributed by atoms with van der Waals surface area (Å²) < 4.78 is 6.49. The van der Waals surface area contributed by atoms with Crippen LogP contribution in [-0.4, -0.2) is 5.27 Å². The Bertz CT molecular complexity index is 525. The van der Waals surface area contributed by atoms with Gasteiger partial charge in [-0.25, -0.2) is 4.79 Å². The number of nitrogens with zero attached hydrogens (tertiary/aromatic N) is 1. The topological polar surface area (TPSA) is 49.9 Å². The van der Waals surface area contributed by atoms with Crippen molar-refractivity contribution < 1.29 is 9.20 Å². The molecule has 0 aliphatic carbocycles. The molecule has 0 aliphatic heterocycles. The zero-order valence-corrected chi connectivity index (χ0v) is 8.85. The van der Waals surface area contributed by atoms with E-state index in [4.69, 9.17) is 4.52 Å². The maximum Gasteiger partial charge on any atom is 0.435 e. The number of benzene rings is 1. The summed E-state index contributed by atoms with van der Waals surface area (Å²) in [6.45, 7) is 4.30. The van der Waals surface area contributed by atoms with Crippen molar-refractivity contribution in [1.82, 2.24) is 5.27 Å². The van der Waals surface area contributed by atoms with Gasteiger partial charge < -0.3 is 0 Å². The molecule has 0 fully saturated rings. The average Bonchev–Trinajstić information content (AvgIpc) is 2.69. The number of nitrogens with one attached hydrogen (secondary N) is 1. The minimum Gasteiger partial charge on any atom is -0.283 e. The fourth-order valence-electron chi connectivity index (χ4n) is 1.55. The predicted molar refractivity (Wildman–Crippen MR) is 59.8 cm³/mol. The van der Waals surface area contributed by atoms with E-state index in [-0.39, 0.29) is 5.63 Å². The van der Waals surface area contributed by atoms with Crippen LogP contribution in [0.25, 0.3) is 11.3 Å². The highest BCUT2D eigenvalue weighted by Gasteiger charge is 2.21. The van der Waals surface area contributed by atoms with Crippen molar-refractivity contribution in [2.24, 2.45) is 0 Å². The van der Waals surface area contributed by atoms with E-state index < -0.39 is 0 Å². The van der Waals surface area contributed by atoms with Crippen molar-refractivity contribution in [3.05, 3.63) is 53.4 Å². The molecule has 2 aromatic rings. The lowest BCUT2D eigenvalue weighted by Gasteiger charge is -1.92. The number of hydrogen-bond donors (Lipinski definition) is 1. The van der Waals surface area contributed by atoms with Crippen LogP contribution in [0, 0.1) is 0 Å². The molecule has 0 bridgehead atoms. The Balaban J connectivity index is 2.43. The Morgan fingerprint density at radius 3 is 2.81 bits per heavy atom. The summed E-state index contributed by atoms with van der Waals surface area (Å²) in [4.78, 5) is 11.6. The van der Waals surface area contributed by atoms with E-state index >= 15 is 0 Å². The maximum absolute atomic E-state index is 11.6. The molecule has 4 heteroatoms. The first-order chi connectivity index (χ1) is 7.83. The van der Waals surface area contributed by atoms with Gasteiger partial charge in [0.05, 0.1) is 5.56 Å². The zero-order chi connectivity index (χ0) is 11.4. The van der Waals surface area contributed by atoms with Crippen LogP contribution in [0.4, 0.5) is 0 Å². The molecule has 16 heavy (non-hydrogen) atoms. The van der Waals surface area contributed by atoms with E-state index in [9.17, 15) is 4.79 Å². The van der Waals surface area contributed by atoms with E-state index in [1.165, 1.54) is 0 Å². The highest BCUT2D eigenvalue weighted by molar-refractivity contribution is 5.53. The van der Waals surface area contributed by atoms with Crippen LogP contribution in [0.15, 0.2) is 52.3 Å². The minimum absolute atomic E-state index is 0.352. The molecule has 0 amide bonds. The Hall–Kier alpha value is -2.10. The lowest BCUT2D eigenvalue weighted by atomic mass is 10.2. The molecular formula is C12H13N2O2+. The van der Waals surface area contributed by atoms with Crippen molar-refractivity contribution in [2.75, 3.05) is 0 Å². The lowest BCUT2D eigenvalue weighted by molar-refractivity contribution is -0.752. The number of rotatable bonds is 4. The Kier molecular flexibility index (Phi) is 3.00. The second kappa shape index (κ2) is 4.61. The molecule has 0 saturated carbocycles. The third-order valence-corrected chi connectivity index (χ3v) is 2.32. The number of hydrogen-bond acceptors (Lipinski definition) is 2.